The van der Waals surface area contributed by atoms with E-state index in [1.54, 1.807) is 12.1 Å². The molecule has 0 radical (unpaired) electrons. The van der Waals surface area contributed by atoms with Crippen LogP contribution >= 0.6 is 11.6 Å². The van der Waals surface area contributed by atoms with Crippen molar-refractivity contribution < 1.29 is 9.53 Å². The Morgan fingerprint density at radius 2 is 1.84 bits per heavy atom. The third kappa shape index (κ3) is 3.48. The van der Waals surface area contributed by atoms with Crippen molar-refractivity contribution in [3.8, 4) is 16.9 Å². The van der Waals surface area contributed by atoms with E-state index in [0.29, 0.717) is 18.1 Å². The molecule has 98 valence electrons. The number of nitrogens with two attached hydrogens (primary N) is 1. The SMILES string of the molecule is NC(=O)c1ccc(-c2cccc(OCCCl)c2)cc1. The van der Waals surface area contributed by atoms with Gasteiger partial charge in [0.25, 0.3) is 0 Å². The lowest BCUT2D eigenvalue weighted by Gasteiger charge is -2.07. The van der Waals surface area contributed by atoms with Crippen LogP contribution < -0.4 is 10.5 Å². The van der Waals surface area contributed by atoms with Gasteiger partial charge >= 0.3 is 0 Å². The standard InChI is InChI=1S/C15H14ClNO2/c16-8-9-19-14-3-1-2-13(10-14)11-4-6-12(7-5-11)15(17)18/h1-7,10H,8-9H2,(H2,17,18). The second kappa shape index (κ2) is 6.25. The number of carbonyl (C=O) groups is 1. The highest BCUT2D eigenvalue weighted by atomic mass is 35.5. The van der Waals surface area contributed by atoms with Crippen molar-refractivity contribution >= 4 is 17.5 Å². The van der Waals surface area contributed by atoms with Gasteiger partial charge in [0.15, 0.2) is 0 Å². The molecule has 0 saturated carbocycles. The van der Waals surface area contributed by atoms with Crippen LogP contribution in [0.1, 0.15) is 10.4 Å². The Balaban J connectivity index is 2.23. The lowest BCUT2D eigenvalue weighted by molar-refractivity contribution is 0.100. The van der Waals surface area contributed by atoms with Gasteiger partial charge in [0.2, 0.25) is 5.91 Å². The molecule has 3 nitrogen and oxygen atoms in total. The minimum Gasteiger partial charge on any atom is -0.492 e. The van der Waals surface area contributed by atoms with Crippen molar-refractivity contribution in [1.82, 2.24) is 0 Å². The molecular formula is C15H14ClNO2. The molecule has 0 bridgehead atoms. The average molecular weight is 276 g/mol. The number of alkyl halides is 1. The molecule has 0 atom stereocenters. The fourth-order valence-corrected chi connectivity index (χ4v) is 1.83. The highest BCUT2D eigenvalue weighted by Crippen LogP contribution is 2.24. The zero-order valence-electron chi connectivity index (χ0n) is 10.3. The minimum atomic E-state index is -0.425. The number of amides is 1. The molecule has 0 aliphatic carbocycles. The van der Waals surface area contributed by atoms with Crippen LogP contribution in [-0.2, 0) is 0 Å². The van der Waals surface area contributed by atoms with Gasteiger partial charge < -0.3 is 10.5 Å². The highest BCUT2D eigenvalue weighted by Gasteiger charge is 2.03. The summed E-state index contributed by atoms with van der Waals surface area (Å²) in [4.78, 5) is 11.0. The van der Waals surface area contributed by atoms with Crippen molar-refractivity contribution in [3.05, 3.63) is 54.1 Å². The number of hydrogen-bond acceptors (Lipinski definition) is 2. The minimum absolute atomic E-state index is 0.425. The van der Waals surface area contributed by atoms with Crippen molar-refractivity contribution in [2.75, 3.05) is 12.5 Å². The van der Waals surface area contributed by atoms with Crippen molar-refractivity contribution in [2.24, 2.45) is 5.73 Å². The summed E-state index contributed by atoms with van der Waals surface area (Å²) in [5.74, 6) is 0.806. The van der Waals surface area contributed by atoms with Gasteiger partial charge in [0.1, 0.15) is 12.4 Å². The maximum absolute atomic E-state index is 11.0. The second-order valence-electron chi connectivity index (χ2n) is 4.01. The van der Waals surface area contributed by atoms with E-state index in [-0.39, 0.29) is 0 Å². The van der Waals surface area contributed by atoms with Crippen molar-refractivity contribution in [2.45, 2.75) is 0 Å². The third-order valence-corrected chi connectivity index (χ3v) is 2.84. The molecule has 4 heteroatoms. The molecule has 2 rings (SSSR count). The first-order valence-electron chi connectivity index (χ1n) is 5.90. The topological polar surface area (TPSA) is 52.3 Å². The zero-order chi connectivity index (χ0) is 13.7. The van der Waals surface area contributed by atoms with E-state index >= 15 is 0 Å². The Kier molecular flexibility index (Phi) is 4.42. The van der Waals surface area contributed by atoms with Crippen LogP contribution in [-0.4, -0.2) is 18.4 Å². The molecule has 1 amide bonds. The van der Waals surface area contributed by atoms with Crippen LogP contribution in [0, 0.1) is 0 Å². The molecule has 0 saturated heterocycles. The third-order valence-electron chi connectivity index (χ3n) is 2.68. The van der Waals surface area contributed by atoms with E-state index in [1.165, 1.54) is 0 Å². The molecule has 2 aromatic carbocycles. The van der Waals surface area contributed by atoms with E-state index in [9.17, 15) is 4.79 Å². The van der Waals surface area contributed by atoms with Crippen molar-refractivity contribution in [3.63, 3.8) is 0 Å². The fourth-order valence-electron chi connectivity index (χ4n) is 1.75. The summed E-state index contributed by atoms with van der Waals surface area (Å²) in [6, 6.07) is 14.9. The quantitative estimate of drug-likeness (QED) is 0.853. The van der Waals surface area contributed by atoms with E-state index in [2.05, 4.69) is 0 Å². The van der Waals surface area contributed by atoms with Gasteiger partial charge in [-0.2, -0.15) is 0 Å². The number of carbonyl (C=O) groups excluding carboxylic acids is 1. The molecule has 0 fully saturated rings. The van der Waals surface area contributed by atoms with Crippen LogP contribution in [0.5, 0.6) is 5.75 Å². The maximum atomic E-state index is 11.0. The Morgan fingerprint density at radius 1 is 1.11 bits per heavy atom. The molecule has 19 heavy (non-hydrogen) atoms. The Hall–Kier alpha value is -2.00. The lowest BCUT2D eigenvalue weighted by atomic mass is 10.0. The Labute approximate surface area is 117 Å². The Bertz CT molecular complexity index is 567. The summed E-state index contributed by atoms with van der Waals surface area (Å²) in [5, 5.41) is 0. The summed E-state index contributed by atoms with van der Waals surface area (Å²) in [6.07, 6.45) is 0. The number of benzene rings is 2. The van der Waals surface area contributed by atoms with Crippen LogP contribution in [0.4, 0.5) is 0 Å². The molecule has 2 aromatic rings. The van der Waals surface area contributed by atoms with Crippen molar-refractivity contribution in [1.29, 1.82) is 0 Å². The van der Waals surface area contributed by atoms with Gasteiger partial charge in [0, 0.05) is 5.56 Å². The van der Waals surface area contributed by atoms with Crippen LogP contribution in [0.15, 0.2) is 48.5 Å². The predicted octanol–water partition coefficient (Wildman–Crippen LogP) is 3.07. The largest absolute Gasteiger partial charge is 0.492 e. The van der Waals surface area contributed by atoms with Gasteiger partial charge in [-0.3, -0.25) is 4.79 Å². The number of primary amides is 1. The van der Waals surface area contributed by atoms with Gasteiger partial charge in [0.05, 0.1) is 5.88 Å². The second-order valence-corrected chi connectivity index (χ2v) is 4.38. The molecule has 0 aliphatic rings. The van der Waals surface area contributed by atoms with Crippen LogP contribution in [0.3, 0.4) is 0 Å². The van der Waals surface area contributed by atoms with Gasteiger partial charge in [-0.25, -0.2) is 0 Å². The first-order valence-corrected chi connectivity index (χ1v) is 6.43. The predicted molar refractivity (Wildman–Crippen MR) is 76.6 cm³/mol. The summed E-state index contributed by atoms with van der Waals surface area (Å²) in [7, 11) is 0. The van der Waals surface area contributed by atoms with Crippen LogP contribution in [0.25, 0.3) is 11.1 Å². The lowest BCUT2D eigenvalue weighted by Crippen LogP contribution is -2.10. The first-order chi connectivity index (χ1) is 9.20. The molecule has 2 N–H and O–H groups in total. The van der Waals surface area contributed by atoms with E-state index < -0.39 is 5.91 Å². The molecule has 0 aromatic heterocycles. The summed E-state index contributed by atoms with van der Waals surface area (Å²) in [5.41, 5.74) is 7.73. The number of halogens is 1. The van der Waals surface area contributed by atoms with Crippen LogP contribution in [0.2, 0.25) is 0 Å². The fraction of sp³-hybridized carbons (Fsp3) is 0.133. The number of ether oxygens (including phenoxy) is 1. The summed E-state index contributed by atoms with van der Waals surface area (Å²) in [6.45, 7) is 0.478. The van der Waals surface area contributed by atoms with E-state index in [1.807, 2.05) is 36.4 Å². The smallest absolute Gasteiger partial charge is 0.248 e. The van der Waals surface area contributed by atoms with E-state index in [4.69, 9.17) is 22.1 Å². The molecule has 0 unspecified atom stereocenters. The number of hydrogen-bond donors (Lipinski definition) is 1. The normalized spacial score (nSPS) is 10.2. The Morgan fingerprint density at radius 3 is 2.47 bits per heavy atom. The monoisotopic (exact) mass is 275 g/mol. The van der Waals surface area contributed by atoms with Gasteiger partial charge in [-0.1, -0.05) is 24.3 Å². The summed E-state index contributed by atoms with van der Waals surface area (Å²) >= 11 is 5.59. The molecule has 0 spiro atoms. The van der Waals surface area contributed by atoms with E-state index in [0.717, 1.165) is 16.9 Å². The first kappa shape index (κ1) is 13.4. The maximum Gasteiger partial charge on any atom is 0.248 e. The molecular weight excluding hydrogens is 262 g/mol. The van der Waals surface area contributed by atoms with Gasteiger partial charge in [-0.15, -0.1) is 11.6 Å². The molecule has 0 heterocycles. The number of rotatable bonds is 5. The highest BCUT2D eigenvalue weighted by molar-refractivity contribution is 6.18. The average Bonchev–Trinajstić information content (AvgIpc) is 2.45. The molecule has 0 aliphatic heterocycles. The zero-order valence-corrected chi connectivity index (χ0v) is 11.1. The summed E-state index contributed by atoms with van der Waals surface area (Å²) < 4.78 is 5.47. The van der Waals surface area contributed by atoms with Gasteiger partial charge in [-0.05, 0) is 35.4 Å².